The molecule has 24 heavy (non-hydrogen) atoms. The van der Waals surface area contributed by atoms with Crippen molar-refractivity contribution in [2.75, 3.05) is 12.4 Å². The standard InChI is InChI=1S/C17H15N5O2/c1-24-15-5-3-12-16(19-9-20-17(12)22-15)18-8-10-2-4-13-11(6-10)7-14(23)21-13/h2-7,9,21,23H,8H2,1H3,(H,18,19,20,22). The Morgan fingerprint density at radius 3 is 2.96 bits per heavy atom. The number of pyridine rings is 1. The van der Waals surface area contributed by atoms with Crippen LogP contribution < -0.4 is 10.1 Å². The van der Waals surface area contributed by atoms with E-state index in [9.17, 15) is 5.11 Å². The molecule has 7 heteroatoms. The number of H-pyrrole nitrogens is 1. The van der Waals surface area contributed by atoms with Crippen LogP contribution in [0.2, 0.25) is 0 Å². The van der Waals surface area contributed by atoms with E-state index in [4.69, 9.17) is 4.74 Å². The second-order valence-corrected chi connectivity index (χ2v) is 5.38. The number of methoxy groups -OCH3 is 1. The summed E-state index contributed by atoms with van der Waals surface area (Å²) in [5.74, 6) is 1.40. The molecule has 0 unspecified atom stereocenters. The van der Waals surface area contributed by atoms with E-state index < -0.39 is 0 Å². The third-order valence-corrected chi connectivity index (χ3v) is 3.81. The van der Waals surface area contributed by atoms with E-state index >= 15 is 0 Å². The number of fused-ring (bicyclic) bond motifs is 2. The van der Waals surface area contributed by atoms with Gasteiger partial charge < -0.3 is 20.1 Å². The number of aromatic nitrogens is 4. The van der Waals surface area contributed by atoms with Gasteiger partial charge in [0.15, 0.2) is 11.5 Å². The molecular formula is C17H15N5O2. The number of benzene rings is 1. The number of nitrogens with one attached hydrogen (secondary N) is 2. The lowest BCUT2D eigenvalue weighted by atomic mass is 10.1. The lowest BCUT2D eigenvalue weighted by Crippen LogP contribution is -2.03. The van der Waals surface area contributed by atoms with Gasteiger partial charge in [0.25, 0.3) is 0 Å². The molecule has 3 N–H and O–H groups in total. The predicted molar refractivity (Wildman–Crippen MR) is 91.2 cm³/mol. The van der Waals surface area contributed by atoms with Crippen LogP contribution in [-0.2, 0) is 6.54 Å². The number of hydrogen-bond donors (Lipinski definition) is 3. The second kappa shape index (κ2) is 5.69. The van der Waals surface area contributed by atoms with Gasteiger partial charge in [-0.1, -0.05) is 6.07 Å². The summed E-state index contributed by atoms with van der Waals surface area (Å²) >= 11 is 0. The minimum absolute atomic E-state index is 0.164. The highest BCUT2D eigenvalue weighted by molar-refractivity contribution is 5.86. The number of aromatic amines is 1. The van der Waals surface area contributed by atoms with Gasteiger partial charge in [-0.2, -0.15) is 4.98 Å². The fraction of sp³-hybridized carbons (Fsp3) is 0.118. The molecule has 7 nitrogen and oxygen atoms in total. The van der Waals surface area contributed by atoms with Crippen LogP contribution in [0.15, 0.2) is 42.7 Å². The fourth-order valence-electron chi connectivity index (χ4n) is 2.64. The highest BCUT2D eigenvalue weighted by Crippen LogP contribution is 2.23. The van der Waals surface area contributed by atoms with Crippen LogP contribution in [0.5, 0.6) is 11.8 Å². The molecule has 0 saturated carbocycles. The third-order valence-electron chi connectivity index (χ3n) is 3.81. The molecule has 0 aliphatic carbocycles. The molecule has 4 aromatic rings. The fourth-order valence-corrected chi connectivity index (χ4v) is 2.64. The van der Waals surface area contributed by atoms with E-state index in [0.29, 0.717) is 23.9 Å². The summed E-state index contributed by atoms with van der Waals surface area (Å²) < 4.78 is 5.12. The lowest BCUT2D eigenvalue weighted by Gasteiger charge is -2.09. The molecule has 0 aliphatic rings. The Morgan fingerprint density at radius 2 is 2.08 bits per heavy atom. The highest BCUT2D eigenvalue weighted by Gasteiger charge is 2.07. The van der Waals surface area contributed by atoms with Gasteiger partial charge in [0, 0.05) is 29.6 Å². The zero-order valence-electron chi connectivity index (χ0n) is 12.9. The van der Waals surface area contributed by atoms with Gasteiger partial charge in [0.1, 0.15) is 12.1 Å². The van der Waals surface area contributed by atoms with Gasteiger partial charge in [0.05, 0.1) is 12.5 Å². The SMILES string of the molecule is COc1ccc2c(NCc3ccc4[nH]c(O)cc4c3)ncnc2n1. The van der Waals surface area contributed by atoms with Crippen molar-refractivity contribution in [3.05, 3.63) is 48.3 Å². The van der Waals surface area contributed by atoms with Gasteiger partial charge in [-0.25, -0.2) is 9.97 Å². The first-order chi connectivity index (χ1) is 11.7. The van der Waals surface area contributed by atoms with Gasteiger partial charge in [0.2, 0.25) is 5.88 Å². The maximum atomic E-state index is 9.51. The molecule has 0 saturated heterocycles. The first kappa shape index (κ1) is 14.3. The van der Waals surface area contributed by atoms with E-state index in [-0.39, 0.29) is 5.88 Å². The molecule has 0 atom stereocenters. The number of anilines is 1. The van der Waals surface area contributed by atoms with Crippen LogP contribution in [0, 0.1) is 0 Å². The summed E-state index contributed by atoms with van der Waals surface area (Å²) in [5, 5.41) is 14.6. The maximum absolute atomic E-state index is 9.51. The highest BCUT2D eigenvalue weighted by atomic mass is 16.5. The van der Waals surface area contributed by atoms with Gasteiger partial charge in [-0.15, -0.1) is 0 Å². The molecule has 0 fully saturated rings. The van der Waals surface area contributed by atoms with Crippen LogP contribution in [0.25, 0.3) is 21.9 Å². The van der Waals surface area contributed by atoms with Crippen molar-refractivity contribution in [1.82, 2.24) is 19.9 Å². The van der Waals surface area contributed by atoms with Crippen molar-refractivity contribution in [3.63, 3.8) is 0 Å². The van der Waals surface area contributed by atoms with E-state index in [2.05, 4.69) is 25.3 Å². The second-order valence-electron chi connectivity index (χ2n) is 5.38. The van der Waals surface area contributed by atoms with Gasteiger partial charge >= 0.3 is 0 Å². The maximum Gasteiger partial charge on any atom is 0.215 e. The Balaban J connectivity index is 1.61. The first-order valence-corrected chi connectivity index (χ1v) is 7.43. The van der Waals surface area contributed by atoms with Crippen LogP contribution in [-0.4, -0.2) is 32.2 Å². The number of rotatable bonds is 4. The molecule has 0 bridgehead atoms. The van der Waals surface area contributed by atoms with Gasteiger partial charge in [-0.3, -0.25) is 0 Å². The Morgan fingerprint density at radius 1 is 1.17 bits per heavy atom. The summed E-state index contributed by atoms with van der Waals surface area (Å²) in [4.78, 5) is 15.7. The van der Waals surface area contributed by atoms with Gasteiger partial charge in [-0.05, 0) is 23.8 Å². The lowest BCUT2D eigenvalue weighted by molar-refractivity contribution is 0.399. The minimum atomic E-state index is 0.164. The molecule has 0 spiro atoms. The van der Waals surface area contributed by atoms with E-state index in [1.54, 1.807) is 19.2 Å². The molecule has 4 rings (SSSR count). The van der Waals surface area contributed by atoms with Crippen LogP contribution >= 0.6 is 0 Å². The van der Waals surface area contributed by atoms with E-state index in [1.165, 1.54) is 6.33 Å². The summed E-state index contributed by atoms with van der Waals surface area (Å²) in [5.41, 5.74) is 2.56. The van der Waals surface area contributed by atoms with Crippen molar-refractivity contribution >= 4 is 27.8 Å². The molecule has 0 amide bonds. The number of ether oxygens (including phenoxy) is 1. The van der Waals surface area contributed by atoms with E-state index in [1.807, 2.05) is 24.3 Å². The largest absolute Gasteiger partial charge is 0.495 e. The first-order valence-electron chi connectivity index (χ1n) is 7.43. The topological polar surface area (TPSA) is 96.0 Å². The zero-order valence-corrected chi connectivity index (χ0v) is 12.9. The Bertz CT molecular complexity index is 1030. The Hall–Kier alpha value is -3.35. The molecular weight excluding hydrogens is 306 g/mol. The molecule has 3 heterocycles. The summed E-state index contributed by atoms with van der Waals surface area (Å²) in [7, 11) is 1.57. The molecule has 0 aliphatic heterocycles. The molecule has 1 aromatic carbocycles. The molecule has 3 aromatic heterocycles. The Kier molecular flexibility index (Phi) is 3.38. The van der Waals surface area contributed by atoms with Crippen LogP contribution in [0.1, 0.15) is 5.56 Å². The van der Waals surface area contributed by atoms with Crippen LogP contribution in [0.4, 0.5) is 5.82 Å². The summed E-state index contributed by atoms with van der Waals surface area (Å²) in [6, 6.07) is 11.3. The zero-order chi connectivity index (χ0) is 16.5. The predicted octanol–water partition coefficient (Wildman–Crippen LogP) is 2.83. The monoisotopic (exact) mass is 321 g/mol. The van der Waals surface area contributed by atoms with E-state index in [0.717, 1.165) is 21.9 Å². The van der Waals surface area contributed by atoms with Crippen molar-refractivity contribution < 1.29 is 9.84 Å². The smallest absolute Gasteiger partial charge is 0.215 e. The summed E-state index contributed by atoms with van der Waals surface area (Å²) in [6.45, 7) is 0.597. The minimum Gasteiger partial charge on any atom is -0.495 e. The number of nitrogens with zero attached hydrogens (tertiary/aromatic N) is 3. The number of aromatic hydroxyl groups is 1. The van der Waals surface area contributed by atoms with Crippen molar-refractivity contribution in [2.45, 2.75) is 6.54 Å². The average Bonchev–Trinajstić information content (AvgIpc) is 2.98. The van der Waals surface area contributed by atoms with Crippen molar-refractivity contribution in [3.8, 4) is 11.8 Å². The summed E-state index contributed by atoms with van der Waals surface area (Å²) in [6.07, 6.45) is 1.48. The molecule has 0 radical (unpaired) electrons. The average molecular weight is 321 g/mol. The normalized spacial score (nSPS) is 11.0. The quantitative estimate of drug-likeness (QED) is 0.535. The number of hydrogen-bond acceptors (Lipinski definition) is 6. The van der Waals surface area contributed by atoms with Crippen LogP contribution in [0.3, 0.4) is 0 Å². The molecule has 120 valence electrons. The Labute approximate surface area is 137 Å². The van der Waals surface area contributed by atoms with Crippen molar-refractivity contribution in [1.29, 1.82) is 0 Å². The third kappa shape index (κ3) is 2.56. The van der Waals surface area contributed by atoms with Crippen molar-refractivity contribution in [2.24, 2.45) is 0 Å².